The molecule has 0 saturated carbocycles. The van der Waals surface area contributed by atoms with Gasteiger partial charge in [-0.2, -0.15) is 0 Å². The van der Waals surface area contributed by atoms with Gasteiger partial charge in [0.2, 0.25) is 0 Å². The van der Waals surface area contributed by atoms with Crippen LogP contribution >= 0.6 is 0 Å². The third-order valence-corrected chi connectivity index (χ3v) is 2.74. The molecule has 2 rings (SSSR count). The van der Waals surface area contributed by atoms with Crippen LogP contribution in [-0.2, 0) is 0 Å². The minimum atomic E-state index is -0.433. The van der Waals surface area contributed by atoms with Crippen LogP contribution in [0.1, 0.15) is 6.92 Å². The minimum absolute atomic E-state index is 0.0338. The van der Waals surface area contributed by atoms with E-state index in [0.29, 0.717) is 6.04 Å². The van der Waals surface area contributed by atoms with Crippen molar-refractivity contribution in [3.63, 3.8) is 0 Å². The molecule has 0 amide bonds. The van der Waals surface area contributed by atoms with Crippen LogP contribution in [0.4, 0.5) is 11.5 Å². The molecular formula is C10H14N4O2. The fourth-order valence-electron chi connectivity index (χ4n) is 1.84. The number of nitrogens with one attached hydrogen (secondary N) is 1. The van der Waals surface area contributed by atoms with Crippen LogP contribution in [-0.4, -0.2) is 35.6 Å². The van der Waals surface area contributed by atoms with Crippen LogP contribution in [0.2, 0.25) is 0 Å². The van der Waals surface area contributed by atoms with E-state index in [2.05, 4.69) is 22.1 Å². The SMILES string of the molecule is C[C@H]1CNCCN1c1ccc([N+](=O)[O-])cn1. The number of rotatable bonds is 2. The first kappa shape index (κ1) is 10.8. The summed E-state index contributed by atoms with van der Waals surface area (Å²) in [4.78, 5) is 16.3. The smallest absolute Gasteiger partial charge is 0.287 e. The largest absolute Gasteiger partial charge is 0.351 e. The van der Waals surface area contributed by atoms with Gasteiger partial charge in [0, 0.05) is 31.7 Å². The second kappa shape index (κ2) is 4.44. The predicted octanol–water partition coefficient (Wildman–Crippen LogP) is 0.788. The van der Waals surface area contributed by atoms with Crippen molar-refractivity contribution in [1.29, 1.82) is 0 Å². The van der Waals surface area contributed by atoms with Crippen molar-refractivity contribution < 1.29 is 4.92 Å². The summed E-state index contributed by atoms with van der Waals surface area (Å²) in [6.45, 7) is 4.82. The summed E-state index contributed by atoms with van der Waals surface area (Å²) in [5.74, 6) is 0.805. The molecule has 0 aliphatic carbocycles. The van der Waals surface area contributed by atoms with E-state index in [1.807, 2.05) is 0 Å². The Kier molecular flexibility index (Phi) is 3.00. The van der Waals surface area contributed by atoms with Gasteiger partial charge in [-0.15, -0.1) is 0 Å². The summed E-state index contributed by atoms with van der Waals surface area (Å²) < 4.78 is 0. The van der Waals surface area contributed by atoms with E-state index in [-0.39, 0.29) is 5.69 Å². The lowest BCUT2D eigenvalue weighted by Gasteiger charge is -2.34. The number of aromatic nitrogens is 1. The number of nitro groups is 1. The van der Waals surface area contributed by atoms with E-state index in [9.17, 15) is 10.1 Å². The van der Waals surface area contributed by atoms with Crippen molar-refractivity contribution in [3.8, 4) is 0 Å². The molecule has 1 aromatic heterocycles. The summed E-state index contributed by atoms with van der Waals surface area (Å²) in [6.07, 6.45) is 1.31. The molecule has 2 heterocycles. The molecule has 0 unspecified atom stereocenters. The van der Waals surface area contributed by atoms with E-state index < -0.39 is 4.92 Å². The normalized spacial score (nSPS) is 20.8. The Morgan fingerprint density at radius 2 is 2.44 bits per heavy atom. The highest BCUT2D eigenvalue weighted by atomic mass is 16.6. The quantitative estimate of drug-likeness (QED) is 0.591. The fourth-order valence-corrected chi connectivity index (χ4v) is 1.84. The zero-order valence-electron chi connectivity index (χ0n) is 9.09. The van der Waals surface area contributed by atoms with Crippen LogP contribution < -0.4 is 10.2 Å². The van der Waals surface area contributed by atoms with Gasteiger partial charge in [0.05, 0.1) is 4.92 Å². The highest BCUT2D eigenvalue weighted by Gasteiger charge is 2.19. The van der Waals surface area contributed by atoms with Gasteiger partial charge in [-0.25, -0.2) is 4.98 Å². The molecule has 16 heavy (non-hydrogen) atoms. The Morgan fingerprint density at radius 1 is 1.62 bits per heavy atom. The molecule has 0 aromatic carbocycles. The number of hydrogen-bond donors (Lipinski definition) is 1. The number of nitrogens with zero attached hydrogens (tertiary/aromatic N) is 3. The lowest BCUT2D eigenvalue weighted by Crippen LogP contribution is -2.50. The van der Waals surface area contributed by atoms with E-state index in [0.717, 1.165) is 25.5 Å². The van der Waals surface area contributed by atoms with Crippen molar-refractivity contribution in [2.45, 2.75) is 13.0 Å². The van der Waals surface area contributed by atoms with Gasteiger partial charge < -0.3 is 10.2 Å². The van der Waals surface area contributed by atoms with Crippen molar-refractivity contribution in [2.75, 3.05) is 24.5 Å². The molecule has 0 bridgehead atoms. The summed E-state index contributed by atoms with van der Waals surface area (Å²) in [7, 11) is 0. The molecule has 1 N–H and O–H groups in total. The van der Waals surface area contributed by atoms with Gasteiger partial charge >= 0.3 is 0 Å². The lowest BCUT2D eigenvalue weighted by molar-refractivity contribution is -0.385. The van der Waals surface area contributed by atoms with Crippen LogP contribution in [0.25, 0.3) is 0 Å². The molecule has 6 heteroatoms. The highest BCUT2D eigenvalue weighted by Crippen LogP contribution is 2.18. The topological polar surface area (TPSA) is 71.3 Å². The summed E-state index contributed by atoms with van der Waals surface area (Å²) >= 11 is 0. The second-order valence-electron chi connectivity index (χ2n) is 3.88. The number of anilines is 1. The van der Waals surface area contributed by atoms with Gasteiger partial charge in [-0.3, -0.25) is 10.1 Å². The van der Waals surface area contributed by atoms with E-state index in [1.165, 1.54) is 12.3 Å². The van der Waals surface area contributed by atoms with Gasteiger partial charge in [-0.05, 0) is 13.0 Å². The molecule has 6 nitrogen and oxygen atoms in total. The van der Waals surface area contributed by atoms with E-state index >= 15 is 0 Å². The standard InChI is InChI=1S/C10H14N4O2/c1-8-6-11-4-5-13(8)10-3-2-9(7-12-10)14(15)16/h2-3,7-8,11H,4-6H2,1H3/t8-/m0/s1. The van der Waals surface area contributed by atoms with Crippen molar-refractivity contribution in [3.05, 3.63) is 28.4 Å². The zero-order valence-corrected chi connectivity index (χ0v) is 9.09. The van der Waals surface area contributed by atoms with Crippen LogP contribution in [0, 0.1) is 10.1 Å². The second-order valence-corrected chi connectivity index (χ2v) is 3.88. The van der Waals surface area contributed by atoms with Crippen molar-refractivity contribution in [2.24, 2.45) is 0 Å². The molecule has 1 fully saturated rings. The number of piperazine rings is 1. The van der Waals surface area contributed by atoms with Gasteiger partial charge in [0.1, 0.15) is 12.0 Å². The Labute approximate surface area is 93.4 Å². The van der Waals surface area contributed by atoms with Crippen LogP contribution in [0.3, 0.4) is 0 Å². The lowest BCUT2D eigenvalue weighted by atomic mass is 10.2. The van der Waals surface area contributed by atoms with Crippen LogP contribution in [0.15, 0.2) is 18.3 Å². The monoisotopic (exact) mass is 222 g/mol. The maximum atomic E-state index is 10.5. The van der Waals surface area contributed by atoms with Gasteiger partial charge in [0.25, 0.3) is 5.69 Å². The van der Waals surface area contributed by atoms with E-state index in [4.69, 9.17) is 0 Å². The molecule has 1 aromatic rings. The minimum Gasteiger partial charge on any atom is -0.351 e. The first-order valence-electron chi connectivity index (χ1n) is 5.26. The molecule has 1 aliphatic heterocycles. The number of pyridine rings is 1. The molecule has 1 atom stereocenters. The molecule has 0 spiro atoms. The van der Waals surface area contributed by atoms with Crippen LogP contribution in [0.5, 0.6) is 0 Å². The average molecular weight is 222 g/mol. The van der Waals surface area contributed by atoms with Crippen molar-refractivity contribution in [1.82, 2.24) is 10.3 Å². The Morgan fingerprint density at radius 3 is 3.00 bits per heavy atom. The maximum Gasteiger partial charge on any atom is 0.287 e. The van der Waals surface area contributed by atoms with E-state index in [1.54, 1.807) is 6.07 Å². The summed E-state index contributed by atoms with van der Waals surface area (Å²) in [5.41, 5.74) is 0.0338. The Hall–Kier alpha value is -1.69. The molecule has 86 valence electrons. The molecule has 1 aliphatic rings. The summed E-state index contributed by atoms with van der Waals surface area (Å²) in [6, 6.07) is 3.57. The van der Waals surface area contributed by atoms with Gasteiger partial charge in [-0.1, -0.05) is 0 Å². The Balaban J connectivity index is 2.17. The zero-order chi connectivity index (χ0) is 11.5. The molecule has 1 saturated heterocycles. The molecule has 0 radical (unpaired) electrons. The third-order valence-electron chi connectivity index (χ3n) is 2.74. The number of hydrogen-bond acceptors (Lipinski definition) is 5. The summed E-state index contributed by atoms with van der Waals surface area (Å²) in [5, 5.41) is 13.8. The predicted molar refractivity (Wildman–Crippen MR) is 60.6 cm³/mol. The molecular weight excluding hydrogens is 208 g/mol. The first-order valence-corrected chi connectivity index (χ1v) is 5.26. The fraction of sp³-hybridized carbons (Fsp3) is 0.500. The average Bonchev–Trinajstić information content (AvgIpc) is 2.30. The Bertz CT molecular complexity index is 379. The van der Waals surface area contributed by atoms with Gasteiger partial charge in [0.15, 0.2) is 0 Å². The third kappa shape index (κ3) is 2.11. The van der Waals surface area contributed by atoms with Crippen molar-refractivity contribution >= 4 is 11.5 Å². The first-order chi connectivity index (χ1) is 7.68. The maximum absolute atomic E-state index is 10.5. The highest BCUT2D eigenvalue weighted by molar-refractivity contribution is 5.44.